The van der Waals surface area contributed by atoms with E-state index in [0.717, 1.165) is 40.6 Å². The SMILES string of the molecule is O=C(Cc1coc2cc3c(cc12)CCC3)Nc1ccc(-c2cnco2)cc1. The molecule has 0 aliphatic heterocycles. The number of oxazole rings is 1. The number of aryl methyl sites for hydroxylation is 2. The molecule has 5 heteroatoms. The fourth-order valence-corrected chi connectivity index (χ4v) is 3.74. The minimum Gasteiger partial charge on any atom is -0.464 e. The first-order valence-corrected chi connectivity index (χ1v) is 9.07. The molecule has 0 unspecified atom stereocenters. The highest BCUT2D eigenvalue weighted by Crippen LogP contribution is 2.30. The highest BCUT2D eigenvalue weighted by Gasteiger charge is 2.16. The topological polar surface area (TPSA) is 68.3 Å². The highest BCUT2D eigenvalue weighted by atomic mass is 16.3. The van der Waals surface area contributed by atoms with E-state index in [1.54, 1.807) is 12.5 Å². The molecule has 2 heterocycles. The lowest BCUT2D eigenvalue weighted by molar-refractivity contribution is -0.115. The molecule has 1 N–H and O–H groups in total. The van der Waals surface area contributed by atoms with Crippen molar-refractivity contribution in [2.45, 2.75) is 25.7 Å². The van der Waals surface area contributed by atoms with Crippen molar-refractivity contribution < 1.29 is 13.6 Å². The van der Waals surface area contributed by atoms with Crippen LogP contribution >= 0.6 is 0 Å². The van der Waals surface area contributed by atoms with Crippen LogP contribution in [0.2, 0.25) is 0 Å². The van der Waals surface area contributed by atoms with Crippen molar-refractivity contribution in [2.75, 3.05) is 5.32 Å². The fourth-order valence-electron chi connectivity index (χ4n) is 3.74. The summed E-state index contributed by atoms with van der Waals surface area (Å²) in [7, 11) is 0. The normalized spacial score (nSPS) is 13.0. The molecule has 0 fully saturated rings. The molecular weight excluding hydrogens is 340 g/mol. The van der Waals surface area contributed by atoms with E-state index >= 15 is 0 Å². The van der Waals surface area contributed by atoms with Crippen LogP contribution in [0.1, 0.15) is 23.1 Å². The number of furan rings is 1. The summed E-state index contributed by atoms with van der Waals surface area (Å²) in [6.45, 7) is 0. The Morgan fingerprint density at radius 3 is 2.67 bits per heavy atom. The van der Waals surface area contributed by atoms with E-state index < -0.39 is 0 Å². The van der Waals surface area contributed by atoms with Gasteiger partial charge in [-0.25, -0.2) is 4.98 Å². The lowest BCUT2D eigenvalue weighted by Crippen LogP contribution is -2.14. The second kappa shape index (κ2) is 6.43. The number of carbonyl (C=O) groups is 1. The number of aromatic nitrogens is 1. The molecule has 5 nitrogen and oxygen atoms in total. The van der Waals surface area contributed by atoms with Gasteiger partial charge in [-0.1, -0.05) is 0 Å². The summed E-state index contributed by atoms with van der Waals surface area (Å²) in [5.41, 5.74) is 6.22. The number of anilines is 1. The summed E-state index contributed by atoms with van der Waals surface area (Å²) in [5, 5.41) is 3.99. The summed E-state index contributed by atoms with van der Waals surface area (Å²) in [5.74, 6) is 0.635. The first-order chi connectivity index (χ1) is 13.3. The van der Waals surface area contributed by atoms with Gasteiger partial charge in [0.2, 0.25) is 5.91 Å². The highest BCUT2D eigenvalue weighted by molar-refractivity contribution is 5.95. The van der Waals surface area contributed by atoms with E-state index in [1.165, 1.54) is 23.9 Å². The second-order valence-corrected chi connectivity index (χ2v) is 6.90. The lowest BCUT2D eigenvalue weighted by Gasteiger charge is -2.06. The van der Waals surface area contributed by atoms with Gasteiger partial charge in [-0.15, -0.1) is 0 Å². The molecule has 2 aromatic heterocycles. The first-order valence-electron chi connectivity index (χ1n) is 9.07. The fraction of sp³-hybridized carbons (Fsp3) is 0.182. The van der Waals surface area contributed by atoms with Crippen LogP contribution < -0.4 is 5.32 Å². The Balaban J connectivity index is 1.31. The summed E-state index contributed by atoms with van der Waals surface area (Å²) < 4.78 is 11.0. The largest absolute Gasteiger partial charge is 0.464 e. The van der Waals surface area contributed by atoms with Crippen LogP contribution in [0.5, 0.6) is 0 Å². The number of nitrogens with zero attached hydrogens (tertiary/aromatic N) is 1. The Labute approximate surface area is 156 Å². The number of hydrogen-bond acceptors (Lipinski definition) is 4. The number of carbonyl (C=O) groups excluding carboxylic acids is 1. The van der Waals surface area contributed by atoms with Crippen molar-refractivity contribution in [3.05, 3.63) is 71.9 Å². The number of fused-ring (bicyclic) bond motifs is 2. The quantitative estimate of drug-likeness (QED) is 0.571. The van der Waals surface area contributed by atoms with Crippen molar-refractivity contribution in [3.8, 4) is 11.3 Å². The van der Waals surface area contributed by atoms with E-state index in [-0.39, 0.29) is 12.3 Å². The molecule has 4 aromatic rings. The number of benzene rings is 2. The molecule has 0 bridgehead atoms. The molecule has 0 atom stereocenters. The molecule has 0 spiro atoms. The van der Waals surface area contributed by atoms with E-state index in [9.17, 15) is 4.79 Å². The maximum Gasteiger partial charge on any atom is 0.228 e. The van der Waals surface area contributed by atoms with Crippen LogP contribution in [0, 0.1) is 0 Å². The van der Waals surface area contributed by atoms with Crippen LogP contribution in [-0.2, 0) is 24.1 Å². The van der Waals surface area contributed by atoms with Crippen molar-refractivity contribution in [1.82, 2.24) is 4.98 Å². The Kier molecular flexibility index (Phi) is 3.78. The number of hydrogen-bond donors (Lipinski definition) is 1. The zero-order valence-electron chi connectivity index (χ0n) is 14.7. The van der Waals surface area contributed by atoms with E-state index in [0.29, 0.717) is 5.76 Å². The van der Waals surface area contributed by atoms with Crippen LogP contribution in [0.4, 0.5) is 5.69 Å². The van der Waals surface area contributed by atoms with Gasteiger partial charge in [0, 0.05) is 22.2 Å². The van der Waals surface area contributed by atoms with Crippen molar-refractivity contribution in [3.63, 3.8) is 0 Å². The molecule has 0 saturated carbocycles. The second-order valence-electron chi connectivity index (χ2n) is 6.90. The summed E-state index contributed by atoms with van der Waals surface area (Å²) in [6.07, 6.45) is 8.47. The summed E-state index contributed by atoms with van der Waals surface area (Å²) in [6, 6.07) is 11.8. The lowest BCUT2D eigenvalue weighted by atomic mass is 10.0. The van der Waals surface area contributed by atoms with Crippen molar-refractivity contribution >= 4 is 22.6 Å². The maximum absolute atomic E-state index is 12.5. The molecule has 1 amide bonds. The van der Waals surface area contributed by atoms with Crippen LogP contribution in [0.15, 0.2) is 64.1 Å². The van der Waals surface area contributed by atoms with Gasteiger partial charge in [0.05, 0.1) is 18.9 Å². The van der Waals surface area contributed by atoms with Gasteiger partial charge in [-0.05, 0) is 66.8 Å². The first kappa shape index (κ1) is 15.9. The van der Waals surface area contributed by atoms with Gasteiger partial charge in [0.1, 0.15) is 5.58 Å². The molecule has 27 heavy (non-hydrogen) atoms. The predicted octanol–water partition coefficient (Wildman–Crippen LogP) is 4.76. The van der Waals surface area contributed by atoms with Gasteiger partial charge in [0.25, 0.3) is 0 Å². The number of nitrogens with one attached hydrogen (secondary N) is 1. The Bertz CT molecular complexity index is 1110. The van der Waals surface area contributed by atoms with Crippen LogP contribution in [0.3, 0.4) is 0 Å². The molecule has 0 saturated heterocycles. The summed E-state index contributed by atoms with van der Waals surface area (Å²) in [4.78, 5) is 16.4. The summed E-state index contributed by atoms with van der Waals surface area (Å²) >= 11 is 0. The van der Waals surface area contributed by atoms with Gasteiger partial charge in [-0.2, -0.15) is 0 Å². The van der Waals surface area contributed by atoms with Gasteiger partial charge in [-0.3, -0.25) is 4.79 Å². The van der Waals surface area contributed by atoms with Crippen molar-refractivity contribution in [2.24, 2.45) is 0 Å². The van der Waals surface area contributed by atoms with Gasteiger partial charge < -0.3 is 14.2 Å². The Hall–Kier alpha value is -3.34. The molecule has 0 radical (unpaired) electrons. The third-order valence-corrected chi connectivity index (χ3v) is 5.10. The third-order valence-electron chi connectivity index (χ3n) is 5.10. The van der Waals surface area contributed by atoms with Crippen LogP contribution in [0.25, 0.3) is 22.3 Å². The minimum atomic E-state index is -0.0642. The molecule has 1 aliphatic rings. The maximum atomic E-state index is 12.5. The Morgan fingerprint density at radius 2 is 1.89 bits per heavy atom. The molecule has 1 aliphatic carbocycles. The van der Waals surface area contributed by atoms with Crippen LogP contribution in [-0.4, -0.2) is 10.9 Å². The average molecular weight is 358 g/mol. The Morgan fingerprint density at radius 1 is 1.07 bits per heavy atom. The van der Waals surface area contributed by atoms with E-state index in [1.807, 2.05) is 24.3 Å². The smallest absolute Gasteiger partial charge is 0.228 e. The molecular formula is C22H18N2O3. The van der Waals surface area contributed by atoms with E-state index in [2.05, 4.69) is 22.4 Å². The zero-order valence-corrected chi connectivity index (χ0v) is 14.7. The van der Waals surface area contributed by atoms with Gasteiger partial charge >= 0.3 is 0 Å². The molecule has 2 aromatic carbocycles. The predicted molar refractivity (Wildman–Crippen MR) is 103 cm³/mol. The molecule has 134 valence electrons. The van der Waals surface area contributed by atoms with Crippen molar-refractivity contribution in [1.29, 1.82) is 0 Å². The third kappa shape index (κ3) is 3.01. The standard InChI is InChI=1S/C22H18N2O3/c25-22(24-18-6-4-14(5-7-18)21-11-23-13-27-21)10-17-12-26-20-9-16-3-1-2-15(16)8-19(17)20/h4-9,11-13H,1-3,10H2,(H,24,25). The van der Waals surface area contributed by atoms with Gasteiger partial charge in [0.15, 0.2) is 12.2 Å². The number of amides is 1. The molecule has 5 rings (SSSR count). The average Bonchev–Trinajstić information content (AvgIpc) is 3.42. The van der Waals surface area contributed by atoms with E-state index in [4.69, 9.17) is 8.83 Å². The minimum absolute atomic E-state index is 0.0642. The number of rotatable bonds is 4. The zero-order chi connectivity index (χ0) is 18.2. The monoisotopic (exact) mass is 358 g/mol.